The number of H-pyrrole nitrogens is 1. The van der Waals surface area contributed by atoms with E-state index in [0.29, 0.717) is 14.3 Å². The number of hydrogen-bond donors (Lipinski definition) is 1. The number of fused-ring (bicyclic) bond motifs is 1. The van der Waals surface area contributed by atoms with Gasteiger partial charge in [0.05, 0.1) is 14.6 Å². The molecule has 102 valence electrons. The lowest BCUT2D eigenvalue weighted by Gasteiger charge is -2.22. The summed E-state index contributed by atoms with van der Waals surface area (Å²) in [4.78, 5) is 3.16. The van der Waals surface area contributed by atoms with Gasteiger partial charge in [0.2, 0.25) is 0 Å². The van der Waals surface area contributed by atoms with E-state index in [1.807, 2.05) is 33.2 Å². The normalized spacial score (nSPS) is 17.2. The molecule has 1 aliphatic heterocycles. The van der Waals surface area contributed by atoms with Crippen LogP contribution in [0, 0.1) is 20.1 Å². The first-order valence-corrected chi connectivity index (χ1v) is 7.79. The summed E-state index contributed by atoms with van der Waals surface area (Å²) in [5.74, 6) is 0.365. The lowest BCUT2D eigenvalue weighted by atomic mass is 10.0. The molecule has 0 atom stereocenters. The Bertz CT molecular complexity index is 660. The highest BCUT2D eigenvalue weighted by Crippen LogP contribution is 2.24. The van der Waals surface area contributed by atoms with Crippen molar-refractivity contribution in [2.75, 3.05) is 13.2 Å². The average Bonchev–Trinajstić information content (AvgIpc) is 2.68. The molecule has 2 aromatic rings. The van der Waals surface area contributed by atoms with Crippen LogP contribution in [0.3, 0.4) is 0 Å². The van der Waals surface area contributed by atoms with Crippen LogP contribution < -0.4 is 0 Å². The summed E-state index contributed by atoms with van der Waals surface area (Å²) < 4.78 is 22.4. The fourth-order valence-electron chi connectivity index (χ4n) is 2.52. The Morgan fingerprint density at radius 1 is 1.42 bits per heavy atom. The number of rotatable bonds is 2. The minimum atomic E-state index is -0.192. The quantitative estimate of drug-likeness (QED) is 0.621. The highest BCUT2D eigenvalue weighted by molar-refractivity contribution is 14.1. The van der Waals surface area contributed by atoms with Gasteiger partial charge in [-0.2, -0.15) is 0 Å². The number of ether oxygens (including phenoxy) is 1. The number of benzene rings is 1. The highest BCUT2D eigenvalue weighted by atomic mass is 127. The van der Waals surface area contributed by atoms with Gasteiger partial charge in [-0.25, -0.2) is 4.39 Å². The van der Waals surface area contributed by atoms with Crippen molar-refractivity contribution < 1.29 is 9.13 Å². The van der Waals surface area contributed by atoms with Crippen LogP contribution in [0.25, 0.3) is 11.0 Å². The summed E-state index contributed by atoms with van der Waals surface area (Å²) in [7, 11) is 0. The molecular formula is C13H14FIN2OS. The summed E-state index contributed by atoms with van der Waals surface area (Å²) in [5, 5.41) is 0. The predicted molar refractivity (Wildman–Crippen MR) is 83.3 cm³/mol. The van der Waals surface area contributed by atoms with Crippen molar-refractivity contribution in [3.05, 3.63) is 26.3 Å². The zero-order valence-electron chi connectivity index (χ0n) is 10.3. The molecule has 1 aromatic carbocycles. The molecule has 1 fully saturated rings. The Hall–Kier alpha value is -0.470. The first-order chi connectivity index (χ1) is 9.15. The summed E-state index contributed by atoms with van der Waals surface area (Å²) >= 11 is 7.35. The van der Waals surface area contributed by atoms with E-state index in [2.05, 4.69) is 4.98 Å². The molecule has 19 heavy (non-hydrogen) atoms. The van der Waals surface area contributed by atoms with Crippen molar-refractivity contribution in [2.45, 2.75) is 19.4 Å². The Balaban J connectivity index is 2.00. The van der Waals surface area contributed by atoms with E-state index in [1.54, 1.807) is 6.07 Å². The molecule has 6 heteroatoms. The molecule has 1 saturated heterocycles. The van der Waals surface area contributed by atoms with Gasteiger partial charge in [-0.15, -0.1) is 0 Å². The van der Waals surface area contributed by atoms with Gasteiger partial charge in [-0.3, -0.25) is 0 Å². The van der Waals surface area contributed by atoms with E-state index < -0.39 is 0 Å². The molecular weight excluding hydrogens is 378 g/mol. The Labute approximate surface area is 129 Å². The number of nitrogens with one attached hydrogen (secondary N) is 1. The minimum absolute atomic E-state index is 0.192. The Morgan fingerprint density at radius 2 is 2.16 bits per heavy atom. The van der Waals surface area contributed by atoms with E-state index in [0.717, 1.165) is 43.6 Å². The van der Waals surface area contributed by atoms with Crippen LogP contribution in [0.1, 0.15) is 12.8 Å². The molecule has 1 aromatic heterocycles. The summed E-state index contributed by atoms with van der Waals surface area (Å²) in [6, 6.07) is 3.38. The highest BCUT2D eigenvalue weighted by Gasteiger charge is 2.17. The van der Waals surface area contributed by atoms with Crippen LogP contribution in [-0.4, -0.2) is 22.8 Å². The van der Waals surface area contributed by atoms with E-state index in [1.165, 1.54) is 0 Å². The second-order valence-corrected chi connectivity index (χ2v) is 6.43. The summed E-state index contributed by atoms with van der Waals surface area (Å²) in [6.45, 7) is 2.46. The molecule has 0 aliphatic carbocycles. The van der Waals surface area contributed by atoms with Crippen molar-refractivity contribution in [3.63, 3.8) is 0 Å². The maximum atomic E-state index is 13.7. The van der Waals surface area contributed by atoms with E-state index in [-0.39, 0.29) is 5.82 Å². The van der Waals surface area contributed by atoms with Gasteiger partial charge in [0.1, 0.15) is 5.82 Å². The number of hydrogen-bond acceptors (Lipinski definition) is 2. The van der Waals surface area contributed by atoms with Gasteiger partial charge in [0.15, 0.2) is 4.77 Å². The van der Waals surface area contributed by atoms with Crippen molar-refractivity contribution >= 4 is 45.8 Å². The maximum absolute atomic E-state index is 13.7. The third-order valence-electron chi connectivity index (χ3n) is 3.60. The molecule has 3 rings (SSSR count). The monoisotopic (exact) mass is 392 g/mol. The minimum Gasteiger partial charge on any atom is -0.381 e. The second kappa shape index (κ2) is 5.49. The fraction of sp³-hybridized carbons (Fsp3) is 0.462. The third kappa shape index (κ3) is 2.71. The number of aromatic nitrogens is 2. The van der Waals surface area contributed by atoms with Crippen LogP contribution in [-0.2, 0) is 11.3 Å². The summed E-state index contributed by atoms with van der Waals surface area (Å²) in [5.41, 5.74) is 1.76. The van der Waals surface area contributed by atoms with Crippen LogP contribution in [0.2, 0.25) is 0 Å². The molecule has 1 N–H and O–H groups in total. The van der Waals surface area contributed by atoms with Gasteiger partial charge in [0, 0.05) is 25.8 Å². The van der Waals surface area contributed by atoms with Gasteiger partial charge in [-0.05, 0) is 59.6 Å². The molecule has 1 aliphatic rings. The third-order valence-corrected chi connectivity index (χ3v) is 4.75. The van der Waals surface area contributed by atoms with Crippen molar-refractivity contribution in [3.8, 4) is 0 Å². The molecule has 0 radical (unpaired) electrons. The fourth-order valence-corrected chi connectivity index (χ4v) is 3.27. The second-order valence-electron chi connectivity index (χ2n) is 4.88. The van der Waals surface area contributed by atoms with Crippen LogP contribution in [0.5, 0.6) is 0 Å². The maximum Gasteiger partial charge on any atom is 0.178 e. The average molecular weight is 392 g/mol. The molecule has 0 bridgehead atoms. The largest absolute Gasteiger partial charge is 0.381 e. The molecule has 2 heterocycles. The first-order valence-electron chi connectivity index (χ1n) is 6.30. The van der Waals surface area contributed by atoms with Crippen LogP contribution in [0.4, 0.5) is 4.39 Å². The van der Waals surface area contributed by atoms with Crippen molar-refractivity contribution in [2.24, 2.45) is 5.92 Å². The smallest absolute Gasteiger partial charge is 0.178 e. The SMILES string of the molecule is Fc1cc2c(cc1I)[nH]c(=S)n2CC1CCOCC1. The molecule has 0 amide bonds. The van der Waals surface area contributed by atoms with E-state index >= 15 is 0 Å². The Morgan fingerprint density at radius 3 is 2.89 bits per heavy atom. The van der Waals surface area contributed by atoms with Crippen molar-refractivity contribution in [1.29, 1.82) is 0 Å². The topological polar surface area (TPSA) is 29.9 Å². The predicted octanol–water partition coefficient (Wildman–Crippen LogP) is 3.87. The lowest BCUT2D eigenvalue weighted by Crippen LogP contribution is -2.20. The van der Waals surface area contributed by atoms with Gasteiger partial charge in [0.25, 0.3) is 0 Å². The number of imidazole rings is 1. The number of nitrogens with zero attached hydrogens (tertiary/aromatic N) is 1. The standard InChI is InChI=1S/C13H14FIN2OS/c14-9-5-12-11(6-10(9)15)16-13(19)17(12)7-8-1-3-18-4-2-8/h5-6,8H,1-4,7H2,(H,16,19). The van der Waals surface area contributed by atoms with E-state index in [9.17, 15) is 4.39 Å². The van der Waals surface area contributed by atoms with Crippen LogP contribution >= 0.6 is 34.8 Å². The van der Waals surface area contributed by atoms with Gasteiger partial charge in [-0.1, -0.05) is 0 Å². The van der Waals surface area contributed by atoms with E-state index in [4.69, 9.17) is 17.0 Å². The molecule has 3 nitrogen and oxygen atoms in total. The first kappa shape index (κ1) is 13.5. The number of aromatic amines is 1. The van der Waals surface area contributed by atoms with Gasteiger partial charge < -0.3 is 14.3 Å². The zero-order chi connectivity index (χ0) is 13.4. The Kier molecular flexibility index (Phi) is 3.91. The van der Waals surface area contributed by atoms with Crippen LogP contribution in [0.15, 0.2) is 12.1 Å². The molecule has 0 saturated carbocycles. The number of halogens is 2. The zero-order valence-corrected chi connectivity index (χ0v) is 13.3. The molecule has 0 unspecified atom stereocenters. The van der Waals surface area contributed by atoms with Gasteiger partial charge >= 0.3 is 0 Å². The molecule has 0 spiro atoms. The lowest BCUT2D eigenvalue weighted by molar-refractivity contribution is 0.0615. The summed E-state index contributed by atoms with van der Waals surface area (Å²) in [6.07, 6.45) is 2.09. The van der Waals surface area contributed by atoms with Crippen molar-refractivity contribution in [1.82, 2.24) is 9.55 Å².